The number of sulfonamides is 1. The predicted octanol–water partition coefficient (Wildman–Crippen LogP) is 4.02. The average molecular weight is 584 g/mol. The normalized spacial score (nSPS) is 15.6. The standard InChI is InChI=1S/C23H21ClF3N7O4S/c1-12-10-28-20(35)18-16(8-5-9-17(18)34(12)21(36)23(25,26)27)31-22-29-11-13(24)19(32-22)30-14-6-3-4-7-15(14)33-39(2,37)38/h3-9,11-12,33H,10H2,1-2H3,(H,28,35)(H2,29,30,31,32). The van der Waals surface area contributed by atoms with Gasteiger partial charge in [-0.25, -0.2) is 13.4 Å². The van der Waals surface area contributed by atoms with Gasteiger partial charge in [0.15, 0.2) is 5.82 Å². The number of fused-ring (bicyclic) bond motifs is 1. The van der Waals surface area contributed by atoms with Gasteiger partial charge in [-0.15, -0.1) is 0 Å². The molecule has 0 spiro atoms. The van der Waals surface area contributed by atoms with Crippen molar-refractivity contribution < 1.29 is 31.2 Å². The van der Waals surface area contributed by atoms with Crippen LogP contribution >= 0.6 is 11.6 Å². The number of hydrogen-bond acceptors (Lipinski definition) is 8. The van der Waals surface area contributed by atoms with Crippen LogP contribution in [0.5, 0.6) is 0 Å². The number of carbonyl (C=O) groups is 2. The van der Waals surface area contributed by atoms with Crippen LogP contribution in [0.1, 0.15) is 17.3 Å². The second-order valence-electron chi connectivity index (χ2n) is 8.49. The lowest BCUT2D eigenvalue weighted by molar-refractivity contribution is -0.170. The fourth-order valence-corrected chi connectivity index (χ4v) is 4.55. The first kappa shape index (κ1) is 27.9. The van der Waals surface area contributed by atoms with E-state index in [4.69, 9.17) is 11.6 Å². The van der Waals surface area contributed by atoms with E-state index in [-0.39, 0.29) is 46.0 Å². The Balaban J connectivity index is 1.71. The minimum absolute atomic E-state index is 0.0338. The Hall–Kier alpha value is -4.11. The van der Waals surface area contributed by atoms with Gasteiger partial charge < -0.3 is 16.0 Å². The van der Waals surface area contributed by atoms with Crippen LogP contribution < -0.4 is 25.6 Å². The van der Waals surface area contributed by atoms with Crippen molar-refractivity contribution in [2.24, 2.45) is 0 Å². The molecule has 0 radical (unpaired) electrons. The summed E-state index contributed by atoms with van der Waals surface area (Å²) in [5.41, 5.74) is 0.120. The van der Waals surface area contributed by atoms with E-state index in [2.05, 4.69) is 30.6 Å². The highest BCUT2D eigenvalue weighted by atomic mass is 35.5. The monoisotopic (exact) mass is 583 g/mol. The molecule has 0 bridgehead atoms. The quantitative estimate of drug-likeness (QED) is 0.340. The van der Waals surface area contributed by atoms with E-state index in [1.807, 2.05) is 0 Å². The van der Waals surface area contributed by atoms with Crippen molar-refractivity contribution >= 4 is 68.0 Å². The highest BCUT2D eigenvalue weighted by Crippen LogP contribution is 2.35. The minimum atomic E-state index is -5.16. The Morgan fingerprint density at radius 1 is 1.10 bits per heavy atom. The average Bonchev–Trinajstić information content (AvgIpc) is 2.97. The number of hydrogen-bond donors (Lipinski definition) is 4. The number of halogens is 4. The number of nitrogens with zero attached hydrogens (tertiary/aromatic N) is 3. The molecule has 1 atom stereocenters. The summed E-state index contributed by atoms with van der Waals surface area (Å²) in [5, 5.41) is 8.29. The molecule has 3 aromatic rings. The maximum absolute atomic E-state index is 13.4. The Kier molecular flexibility index (Phi) is 7.57. The van der Waals surface area contributed by atoms with Crippen molar-refractivity contribution in [2.75, 3.05) is 33.1 Å². The fraction of sp³-hybridized carbons (Fsp3) is 0.217. The second-order valence-corrected chi connectivity index (χ2v) is 10.6. The molecule has 4 rings (SSSR count). The number of alkyl halides is 3. The van der Waals surface area contributed by atoms with Gasteiger partial charge in [-0.05, 0) is 31.2 Å². The molecule has 39 heavy (non-hydrogen) atoms. The lowest BCUT2D eigenvalue weighted by Crippen LogP contribution is -2.48. The number of rotatable bonds is 6. The lowest BCUT2D eigenvalue weighted by atomic mass is 10.1. The number of amides is 2. The highest BCUT2D eigenvalue weighted by molar-refractivity contribution is 7.92. The van der Waals surface area contributed by atoms with Crippen LogP contribution in [0.25, 0.3) is 0 Å². The highest BCUT2D eigenvalue weighted by Gasteiger charge is 2.46. The summed E-state index contributed by atoms with van der Waals surface area (Å²) in [4.78, 5) is 34.0. The van der Waals surface area contributed by atoms with Crippen LogP contribution in [0.2, 0.25) is 5.02 Å². The summed E-state index contributed by atoms with van der Waals surface area (Å²) >= 11 is 6.24. The summed E-state index contributed by atoms with van der Waals surface area (Å²) < 4.78 is 65.9. The van der Waals surface area contributed by atoms with E-state index in [9.17, 15) is 31.2 Å². The summed E-state index contributed by atoms with van der Waals surface area (Å²) in [6.45, 7) is 1.18. The van der Waals surface area contributed by atoms with E-state index in [1.165, 1.54) is 37.4 Å². The van der Waals surface area contributed by atoms with Crippen molar-refractivity contribution in [3.8, 4) is 0 Å². The third-order valence-electron chi connectivity index (χ3n) is 5.46. The van der Waals surface area contributed by atoms with Crippen molar-refractivity contribution in [1.29, 1.82) is 0 Å². The Morgan fingerprint density at radius 3 is 2.44 bits per heavy atom. The SMILES string of the molecule is CC1CNC(=O)c2c(Nc3ncc(Cl)c(Nc4ccccc4NS(C)(=O)=O)n3)cccc2N1C(=O)C(F)(F)F. The van der Waals surface area contributed by atoms with Gasteiger partial charge in [0.05, 0.1) is 46.8 Å². The molecule has 206 valence electrons. The minimum Gasteiger partial charge on any atom is -0.350 e. The van der Waals surface area contributed by atoms with Crippen LogP contribution in [0.15, 0.2) is 48.7 Å². The van der Waals surface area contributed by atoms with Gasteiger partial charge in [0.1, 0.15) is 5.02 Å². The molecule has 0 saturated heterocycles. The molecule has 2 heterocycles. The van der Waals surface area contributed by atoms with Gasteiger partial charge in [-0.3, -0.25) is 19.2 Å². The summed E-state index contributed by atoms with van der Waals surface area (Å²) in [6, 6.07) is 9.42. The molecular weight excluding hydrogens is 563 g/mol. The van der Waals surface area contributed by atoms with Crippen LogP contribution in [0.3, 0.4) is 0 Å². The third-order valence-corrected chi connectivity index (χ3v) is 6.32. The zero-order valence-electron chi connectivity index (χ0n) is 20.3. The Labute approximate surface area is 225 Å². The van der Waals surface area contributed by atoms with E-state index in [1.54, 1.807) is 18.2 Å². The molecule has 4 N–H and O–H groups in total. The summed E-state index contributed by atoms with van der Waals surface area (Å²) in [6.07, 6.45) is -2.94. The number of anilines is 6. The molecule has 1 unspecified atom stereocenters. The van der Waals surface area contributed by atoms with Gasteiger partial charge >= 0.3 is 12.1 Å². The molecule has 2 aromatic carbocycles. The van der Waals surface area contributed by atoms with E-state index < -0.39 is 34.1 Å². The van der Waals surface area contributed by atoms with Crippen molar-refractivity contribution in [2.45, 2.75) is 19.1 Å². The van der Waals surface area contributed by atoms with E-state index >= 15 is 0 Å². The lowest BCUT2D eigenvalue weighted by Gasteiger charge is -2.29. The maximum Gasteiger partial charge on any atom is 0.471 e. The van der Waals surface area contributed by atoms with Gasteiger partial charge in [0, 0.05) is 6.54 Å². The zero-order valence-corrected chi connectivity index (χ0v) is 21.9. The van der Waals surface area contributed by atoms with Gasteiger partial charge in [0.2, 0.25) is 16.0 Å². The summed E-state index contributed by atoms with van der Waals surface area (Å²) in [7, 11) is -3.60. The molecule has 0 saturated carbocycles. The molecule has 0 aliphatic carbocycles. The first-order valence-electron chi connectivity index (χ1n) is 11.2. The van der Waals surface area contributed by atoms with Crippen molar-refractivity contribution in [3.05, 3.63) is 59.2 Å². The number of para-hydroxylation sites is 2. The fourth-order valence-electron chi connectivity index (χ4n) is 3.83. The third kappa shape index (κ3) is 6.31. The maximum atomic E-state index is 13.4. The van der Waals surface area contributed by atoms with Gasteiger partial charge in [0.25, 0.3) is 5.91 Å². The van der Waals surface area contributed by atoms with Crippen LogP contribution in [-0.4, -0.2) is 55.2 Å². The van der Waals surface area contributed by atoms with Crippen molar-refractivity contribution in [1.82, 2.24) is 15.3 Å². The second kappa shape index (κ2) is 10.6. The topological polar surface area (TPSA) is 145 Å². The van der Waals surface area contributed by atoms with E-state index in [0.717, 1.165) is 6.26 Å². The molecule has 1 aliphatic rings. The first-order valence-corrected chi connectivity index (χ1v) is 13.5. The molecular formula is C23H21ClF3N7O4S. The van der Waals surface area contributed by atoms with Crippen LogP contribution in [0.4, 0.5) is 47.7 Å². The Bertz CT molecular complexity index is 1550. The van der Waals surface area contributed by atoms with E-state index in [0.29, 0.717) is 10.6 Å². The molecule has 1 aliphatic heterocycles. The molecule has 2 amide bonds. The van der Waals surface area contributed by atoms with Crippen LogP contribution in [-0.2, 0) is 14.8 Å². The smallest absolute Gasteiger partial charge is 0.350 e. The molecule has 11 nitrogen and oxygen atoms in total. The predicted molar refractivity (Wildman–Crippen MR) is 140 cm³/mol. The van der Waals surface area contributed by atoms with Crippen LogP contribution in [0, 0.1) is 0 Å². The largest absolute Gasteiger partial charge is 0.471 e. The van der Waals surface area contributed by atoms with Crippen molar-refractivity contribution in [3.63, 3.8) is 0 Å². The number of benzene rings is 2. The summed E-state index contributed by atoms with van der Waals surface area (Å²) in [5.74, 6) is -2.85. The first-order chi connectivity index (χ1) is 18.2. The van der Waals surface area contributed by atoms with Gasteiger partial charge in [-0.2, -0.15) is 18.2 Å². The Morgan fingerprint density at radius 2 is 1.77 bits per heavy atom. The number of carbonyl (C=O) groups excluding carboxylic acids is 2. The molecule has 0 fully saturated rings. The van der Waals surface area contributed by atoms with Gasteiger partial charge in [-0.1, -0.05) is 29.8 Å². The molecule has 1 aromatic heterocycles. The number of nitrogens with one attached hydrogen (secondary N) is 4. The number of aromatic nitrogens is 2. The zero-order chi connectivity index (χ0) is 28.5. The molecule has 16 heteroatoms.